The van der Waals surface area contributed by atoms with Crippen LogP contribution in [0.15, 0.2) is 42.7 Å². The first-order chi connectivity index (χ1) is 19.6. The molecule has 2 N–H and O–H groups in total. The Kier molecular flexibility index (Phi) is 8.84. The van der Waals surface area contributed by atoms with Crippen LogP contribution >= 0.6 is 11.3 Å². The molecule has 1 fully saturated rings. The maximum absolute atomic E-state index is 13.4. The van der Waals surface area contributed by atoms with Crippen LogP contribution in [0.25, 0.3) is 10.6 Å². The van der Waals surface area contributed by atoms with Gasteiger partial charge in [0.1, 0.15) is 28.7 Å². The molecule has 42 heavy (non-hydrogen) atoms. The van der Waals surface area contributed by atoms with Gasteiger partial charge < -0.3 is 24.8 Å². The van der Waals surface area contributed by atoms with E-state index < -0.39 is 40.9 Å². The average Bonchev–Trinajstić information content (AvgIpc) is 3.37. The smallest absolute Gasteiger partial charge is 0.433 e. The number of amides is 2. The van der Waals surface area contributed by atoms with Gasteiger partial charge in [-0.2, -0.15) is 13.2 Å². The van der Waals surface area contributed by atoms with Crippen molar-refractivity contribution in [3.05, 3.63) is 64.4 Å². The van der Waals surface area contributed by atoms with Crippen LogP contribution in [0.3, 0.4) is 0 Å². The van der Waals surface area contributed by atoms with Gasteiger partial charge in [0.15, 0.2) is 0 Å². The molecule has 226 valence electrons. The van der Waals surface area contributed by atoms with Crippen molar-refractivity contribution < 1.29 is 37.3 Å². The van der Waals surface area contributed by atoms with Crippen molar-refractivity contribution in [1.82, 2.24) is 20.2 Å². The Morgan fingerprint density at radius 3 is 2.50 bits per heavy atom. The van der Waals surface area contributed by atoms with Crippen molar-refractivity contribution in [3.8, 4) is 16.3 Å². The molecule has 0 spiro atoms. The Morgan fingerprint density at radius 1 is 1.19 bits per heavy atom. The third-order valence-electron chi connectivity index (χ3n) is 7.26. The van der Waals surface area contributed by atoms with E-state index in [0.29, 0.717) is 21.9 Å². The minimum Gasteiger partial charge on any atom is -0.490 e. The number of benzene rings is 1. The van der Waals surface area contributed by atoms with Crippen molar-refractivity contribution in [1.29, 1.82) is 0 Å². The number of nitrogens with zero attached hydrogens (tertiary/aromatic N) is 3. The number of carbonyl (C=O) groups excluding carboxylic acids is 1. The Balaban J connectivity index is 1.61. The molecule has 0 radical (unpaired) electrons. The van der Waals surface area contributed by atoms with E-state index in [1.54, 1.807) is 31.3 Å². The maximum Gasteiger partial charge on any atom is 0.433 e. The first-order valence-corrected chi connectivity index (χ1v) is 14.1. The number of nitrogens with one attached hydrogen (secondary N) is 1. The summed E-state index contributed by atoms with van der Waals surface area (Å²) in [4.78, 5) is 35.3. The first kappa shape index (κ1) is 31.2. The van der Waals surface area contributed by atoms with Crippen LogP contribution in [0, 0.1) is 12.3 Å². The number of aromatic nitrogens is 2. The minimum absolute atomic E-state index is 0.0231. The van der Waals surface area contributed by atoms with Crippen LogP contribution in [-0.2, 0) is 10.9 Å². The molecule has 0 saturated carbocycles. The monoisotopic (exact) mass is 606 g/mol. The summed E-state index contributed by atoms with van der Waals surface area (Å²) in [7, 11) is 0. The molecule has 0 unspecified atom stereocenters. The molecule has 9 nitrogen and oxygen atoms in total. The van der Waals surface area contributed by atoms with E-state index in [1.165, 1.54) is 22.3 Å². The molecular weight excluding hydrogens is 573 g/mol. The van der Waals surface area contributed by atoms with E-state index in [9.17, 15) is 27.9 Å². The summed E-state index contributed by atoms with van der Waals surface area (Å²) in [6.45, 7) is 10.0. The average molecular weight is 607 g/mol. The van der Waals surface area contributed by atoms with Gasteiger partial charge in [0.05, 0.1) is 19.2 Å². The number of rotatable bonds is 7. The zero-order valence-electron chi connectivity index (χ0n) is 23.9. The van der Waals surface area contributed by atoms with E-state index >= 15 is 0 Å². The predicted molar refractivity (Wildman–Crippen MR) is 151 cm³/mol. The van der Waals surface area contributed by atoms with Gasteiger partial charge >= 0.3 is 12.3 Å². The van der Waals surface area contributed by atoms with Crippen LogP contribution in [0.4, 0.5) is 18.0 Å². The summed E-state index contributed by atoms with van der Waals surface area (Å²) in [5.41, 5.74) is -1.16. The number of ether oxygens (including phenoxy) is 2. The third kappa shape index (κ3) is 7.01. The predicted octanol–water partition coefficient (Wildman–Crippen LogP) is 6.20. The number of aryl methyl sites for hydroxylation is 1. The Hall–Kier alpha value is -3.71. The molecule has 1 aliphatic heterocycles. The van der Waals surface area contributed by atoms with Gasteiger partial charge in [-0.05, 0) is 49.1 Å². The highest BCUT2D eigenvalue weighted by Crippen LogP contribution is 2.38. The fourth-order valence-electron chi connectivity index (χ4n) is 4.52. The fourth-order valence-corrected chi connectivity index (χ4v) is 5.27. The second-order valence-corrected chi connectivity index (χ2v) is 12.5. The van der Waals surface area contributed by atoms with Gasteiger partial charge in [-0.1, -0.05) is 26.8 Å². The van der Waals surface area contributed by atoms with Gasteiger partial charge in [-0.3, -0.25) is 9.78 Å². The van der Waals surface area contributed by atoms with E-state index in [1.807, 2.05) is 27.7 Å². The molecule has 1 aromatic carbocycles. The van der Waals surface area contributed by atoms with Crippen LogP contribution in [0.1, 0.15) is 60.2 Å². The van der Waals surface area contributed by atoms with Crippen LogP contribution < -0.4 is 10.1 Å². The van der Waals surface area contributed by atoms with Gasteiger partial charge in [0.25, 0.3) is 5.91 Å². The third-order valence-corrected chi connectivity index (χ3v) is 8.22. The molecule has 2 atom stereocenters. The zero-order valence-corrected chi connectivity index (χ0v) is 24.7. The first-order valence-electron chi connectivity index (χ1n) is 13.2. The summed E-state index contributed by atoms with van der Waals surface area (Å²) in [5.74, 6) is -0.118. The molecule has 3 aromatic rings. The molecule has 0 aliphatic carbocycles. The largest absolute Gasteiger partial charge is 0.490 e. The summed E-state index contributed by atoms with van der Waals surface area (Å²) in [5, 5.41) is 13.1. The number of carbonyl (C=O) groups is 2. The summed E-state index contributed by atoms with van der Waals surface area (Å²) in [6.07, 6.45) is -2.79. The zero-order chi connectivity index (χ0) is 30.9. The number of hydrogen-bond donors (Lipinski definition) is 2. The Bertz CT molecular complexity index is 1440. The van der Waals surface area contributed by atoms with E-state index in [2.05, 4.69) is 15.3 Å². The van der Waals surface area contributed by atoms with E-state index in [0.717, 1.165) is 17.1 Å². The number of hydrogen-bond acceptors (Lipinski definition) is 7. The SMILES string of the molecule is Cc1cnc(-c2cc(OC[C@]3(C(C)(C)C)CN(C(=O)O)CCO3)cc(C(=O)N[C@H](C)c3ccc(C(F)(F)F)nc3)c2)s1. The second-order valence-electron chi connectivity index (χ2n) is 11.3. The molecule has 4 rings (SSSR count). The maximum atomic E-state index is 13.4. The van der Waals surface area contributed by atoms with Crippen molar-refractivity contribution in [2.45, 2.75) is 52.4 Å². The van der Waals surface area contributed by atoms with E-state index in [-0.39, 0.29) is 31.9 Å². The summed E-state index contributed by atoms with van der Waals surface area (Å²) in [6, 6.07) is 6.50. The lowest BCUT2D eigenvalue weighted by atomic mass is 9.75. The second kappa shape index (κ2) is 11.9. The number of thiazole rings is 1. The number of morpholine rings is 1. The molecule has 2 aromatic heterocycles. The number of alkyl halides is 3. The van der Waals surface area contributed by atoms with Crippen molar-refractivity contribution >= 4 is 23.3 Å². The minimum atomic E-state index is -4.56. The fraction of sp³-hybridized carbons (Fsp3) is 0.448. The van der Waals surface area contributed by atoms with Gasteiger partial charge in [-0.25, -0.2) is 9.78 Å². The molecular formula is C29H33F3N4O5S. The lowest BCUT2D eigenvalue weighted by Gasteiger charge is -2.49. The Morgan fingerprint density at radius 2 is 1.93 bits per heavy atom. The molecule has 3 heterocycles. The molecule has 13 heteroatoms. The number of carboxylic acid groups (broad SMARTS) is 1. The molecule has 0 bridgehead atoms. The summed E-state index contributed by atoms with van der Waals surface area (Å²) >= 11 is 1.44. The molecule has 2 amide bonds. The van der Waals surface area contributed by atoms with Crippen molar-refractivity contribution in [2.24, 2.45) is 5.41 Å². The highest BCUT2D eigenvalue weighted by Gasteiger charge is 2.48. The highest BCUT2D eigenvalue weighted by molar-refractivity contribution is 7.14. The van der Waals surface area contributed by atoms with Crippen LogP contribution in [-0.4, -0.2) is 63.9 Å². The van der Waals surface area contributed by atoms with Gasteiger partial charge in [-0.15, -0.1) is 11.3 Å². The standard InChI is InChI=1S/C29H33F3N4O5S/c1-17-13-34-25(42-17)21-10-20(24(37)35-18(2)19-6-7-23(33-14-19)29(30,31)32)11-22(12-21)40-16-28(27(3,4)5)15-36(26(38)39)8-9-41-28/h6-7,10-14,18H,8-9,15-16H2,1-5H3,(H,35,37)(H,38,39)/t18-,28+/m1/s1. The van der Waals surface area contributed by atoms with Crippen molar-refractivity contribution in [2.75, 3.05) is 26.3 Å². The van der Waals surface area contributed by atoms with Gasteiger partial charge in [0.2, 0.25) is 0 Å². The summed E-state index contributed by atoms with van der Waals surface area (Å²) < 4.78 is 51.1. The molecule has 1 aliphatic rings. The van der Waals surface area contributed by atoms with E-state index in [4.69, 9.17) is 9.47 Å². The van der Waals surface area contributed by atoms with Crippen LogP contribution in [0.2, 0.25) is 0 Å². The molecule has 1 saturated heterocycles. The normalized spacial score (nSPS) is 18.4. The number of halogens is 3. The van der Waals surface area contributed by atoms with Crippen molar-refractivity contribution in [3.63, 3.8) is 0 Å². The van der Waals surface area contributed by atoms with Crippen LogP contribution in [0.5, 0.6) is 5.75 Å². The number of pyridine rings is 1. The lowest BCUT2D eigenvalue weighted by Crippen LogP contribution is -2.62. The Labute approximate surface area is 245 Å². The lowest BCUT2D eigenvalue weighted by molar-refractivity contribution is -0.175. The van der Waals surface area contributed by atoms with Gasteiger partial charge in [0, 0.05) is 34.9 Å². The quantitative estimate of drug-likeness (QED) is 0.329. The topological polar surface area (TPSA) is 114 Å². The highest BCUT2D eigenvalue weighted by atomic mass is 32.1.